The number of alkyl halides is 3. The fourth-order valence-electron chi connectivity index (χ4n) is 2.05. The number of nitrogens with one attached hydrogen (secondary N) is 1. The van der Waals surface area contributed by atoms with E-state index in [0.717, 1.165) is 6.07 Å². The van der Waals surface area contributed by atoms with Gasteiger partial charge >= 0.3 is 6.18 Å². The van der Waals surface area contributed by atoms with Gasteiger partial charge in [-0.1, -0.05) is 25.1 Å². The molecule has 0 radical (unpaired) electrons. The number of hydrogen-bond donors (Lipinski definition) is 1. The highest BCUT2D eigenvalue weighted by atomic mass is 19.4. The smallest absolute Gasteiger partial charge is 0.382 e. The predicted octanol–water partition coefficient (Wildman–Crippen LogP) is 3.78. The molecule has 0 aromatic heterocycles. The second-order valence-electron chi connectivity index (χ2n) is 4.48. The number of benzene rings is 1. The van der Waals surface area contributed by atoms with Gasteiger partial charge in [0.1, 0.15) is 0 Å². The van der Waals surface area contributed by atoms with E-state index in [9.17, 15) is 13.2 Å². The molecule has 0 aliphatic carbocycles. The van der Waals surface area contributed by atoms with Crippen LogP contribution in [0.5, 0.6) is 0 Å². The van der Waals surface area contributed by atoms with Gasteiger partial charge in [-0.05, 0) is 31.5 Å². The first-order valence-electron chi connectivity index (χ1n) is 6.32. The zero-order valence-corrected chi connectivity index (χ0v) is 11.4. The summed E-state index contributed by atoms with van der Waals surface area (Å²) in [5, 5.41) is 3.10. The maximum Gasteiger partial charge on any atom is 0.416 e. The highest BCUT2D eigenvalue weighted by Crippen LogP contribution is 2.35. The van der Waals surface area contributed by atoms with Crippen molar-refractivity contribution in [2.45, 2.75) is 38.6 Å². The molecule has 1 aromatic carbocycles. The molecular weight excluding hydrogens is 255 g/mol. The van der Waals surface area contributed by atoms with Crippen molar-refractivity contribution in [2.24, 2.45) is 0 Å². The standard InChI is InChI=1S/C14H20F3NO/c1-4-18-13(9-10(2)19-3)11-7-5-6-8-12(11)14(15,16)17/h5-8,10,13,18H,4,9H2,1-3H3. The summed E-state index contributed by atoms with van der Waals surface area (Å²) < 4.78 is 44.2. The van der Waals surface area contributed by atoms with E-state index in [0.29, 0.717) is 13.0 Å². The first-order chi connectivity index (χ1) is 8.90. The lowest BCUT2D eigenvalue weighted by atomic mass is 9.95. The minimum atomic E-state index is -4.33. The predicted molar refractivity (Wildman–Crippen MR) is 68.9 cm³/mol. The summed E-state index contributed by atoms with van der Waals surface area (Å²) in [6.07, 6.45) is -3.94. The third kappa shape index (κ3) is 4.51. The summed E-state index contributed by atoms with van der Waals surface area (Å²) in [6, 6.07) is 5.33. The van der Waals surface area contributed by atoms with E-state index in [1.54, 1.807) is 13.2 Å². The third-order valence-corrected chi connectivity index (χ3v) is 3.06. The molecule has 5 heteroatoms. The summed E-state index contributed by atoms with van der Waals surface area (Å²) in [5.74, 6) is 0. The number of ether oxygens (including phenoxy) is 1. The quantitative estimate of drug-likeness (QED) is 0.853. The number of halogens is 3. The number of rotatable bonds is 6. The molecular formula is C14H20F3NO. The molecule has 19 heavy (non-hydrogen) atoms. The summed E-state index contributed by atoms with van der Waals surface area (Å²) in [7, 11) is 1.56. The van der Waals surface area contributed by atoms with Gasteiger partial charge in [-0.2, -0.15) is 13.2 Å². The number of hydrogen-bond acceptors (Lipinski definition) is 2. The van der Waals surface area contributed by atoms with Crippen LogP contribution in [0.3, 0.4) is 0 Å². The fraction of sp³-hybridized carbons (Fsp3) is 0.571. The van der Waals surface area contributed by atoms with Crippen molar-refractivity contribution < 1.29 is 17.9 Å². The molecule has 0 amide bonds. The van der Waals surface area contributed by atoms with E-state index in [1.165, 1.54) is 12.1 Å². The van der Waals surface area contributed by atoms with Crippen molar-refractivity contribution >= 4 is 0 Å². The van der Waals surface area contributed by atoms with Gasteiger partial charge in [-0.25, -0.2) is 0 Å². The normalized spacial score (nSPS) is 15.3. The highest BCUT2D eigenvalue weighted by Gasteiger charge is 2.35. The molecule has 1 aromatic rings. The second kappa shape index (κ2) is 6.91. The molecule has 1 N–H and O–H groups in total. The first-order valence-corrected chi connectivity index (χ1v) is 6.32. The molecule has 0 spiro atoms. The number of methoxy groups -OCH3 is 1. The molecule has 2 atom stereocenters. The topological polar surface area (TPSA) is 21.3 Å². The van der Waals surface area contributed by atoms with Gasteiger partial charge in [-0.3, -0.25) is 0 Å². The zero-order chi connectivity index (χ0) is 14.5. The van der Waals surface area contributed by atoms with Crippen molar-refractivity contribution in [1.29, 1.82) is 0 Å². The molecule has 1 rings (SSSR count). The molecule has 0 bridgehead atoms. The Kier molecular flexibility index (Phi) is 5.82. The van der Waals surface area contributed by atoms with E-state index in [2.05, 4.69) is 5.32 Å². The van der Waals surface area contributed by atoms with Crippen LogP contribution >= 0.6 is 0 Å². The zero-order valence-electron chi connectivity index (χ0n) is 11.4. The van der Waals surface area contributed by atoms with Crippen LogP contribution in [-0.4, -0.2) is 19.8 Å². The second-order valence-corrected chi connectivity index (χ2v) is 4.48. The van der Waals surface area contributed by atoms with Crippen molar-refractivity contribution in [3.8, 4) is 0 Å². The molecule has 108 valence electrons. The molecule has 0 saturated carbocycles. The molecule has 2 nitrogen and oxygen atoms in total. The average molecular weight is 275 g/mol. The summed E-state index contributed by atoms with van der Waals surface area (Å²) in [4.78, 5) is 0. The van der Waals surface area contributed by atoms with Gasteiger partial charge in [0.15, 0.2) is 0 Å². The Bertz CT molecular complexity index is 393. The molecule has 0 saturated heterocycles. The SMILES string of the molecule is CCNC(CC(C)OC)c1ccccc1C(F)(F)F. The van der Waals surface area contributed by atoms with Gasteiger partial charge in [0.2, 0.25) is 0 Å². The Morgan fingerprint density at radius 1 is 1.26 bits per heavy atom. The fourth-order valence-corrected chi connectivity index (χ4v) is 2.05. The largest absolute Gasteiger partial charge is 0.416 e. The molecule has 0 heterocycles. The molecule has 2 unspecified atom stereocenters. The van der Waals surface area contributed by atoms with Crippen LogP contribution in [0.2, 0.25) is 0 Å². The molecule has 0 fully saturated rings. The Morgan fingerprint density at radius 2 is 1.89 bits per heavy atom. The van der Waals surface area contributed by atoms with E-state index >= 15 is 0 Å². The van der Waals surface area contributed by atoms with E-state index in [1.807, 2.05) is 13.8 Å². The maximum absolute atomic E-state index is 13.0. The lowest BCUT2D eigenvalue weighted by Crippen LogP contribution is -2.27. The van der Waals surface area contributed by atoms with Crippen molar-refractivity contribution in [3.05, 3.63) is 35.4 Å². The van der Waals surface area contributed by atoms with Gasteiger partial charge in [0.25, 0.3) is 0 Å². The summed E-state index contributed by atoms with van der Waals surface area (Å²) >= 11 is 0. The Hall–Kier alpha value is -1.07. The highest BCUT2D eigenvalue weighted by molar-refractivity contribution is 5.32. The van der Waals surface area contributed by atoms with Crippen LogP contribution < -0.4 is 5.32 Å². The van der Waals surface area contributed by atoms with Crippen LogP contribution in [0.15, 0.2) is 24.3 Å². The first kappa shape index (κ1) is 16.0. The maximum atomic E-state index is 13.0. The average Bonchev–Trinajstić information content (AvgIpc) is 2.37. The molecule has 0 aliphatic heterocycles. The van der Waals surface area contributed by atoms with Crippen molar-refractivity contribution in [1.82, 2.24) is 5.32 Å². The third-order valence-electron chi connectivity index (χ3n) is 3.06. The van der Waals surface area contributed by atoms with E-state index < -0.39 is 11.7 Å². The van der Waals surface area contributed by atoms with Crippen LogP contribution in [0.1, 0.15) is 37.4 Å². The van der Waals surface area contributed by atoms with Gasteiger partial charge in [-0.15, -0.1) is 0 Å². The van der Waals surface area contributed by atoms with Crippen LogP contribution in [0.25, 0.3) is 0 Å². The molecule has 0 aliphatic rings. The van der Waals surface area contributed by atoms with Crippen molar-refractivity contribution in [3.63, 3.8) is 0 Å². The van der Waals surface area contributed by atoms with E-state index in [4.69, 9.17) is 4.74 Å². The van der Waals surface area contributed by atoms with Gasteiger partial charge < -0.3 is 10.1 Å². The minimum absolute atomic E-state index is 0.106. The van der Waals surface area contributed by atoms with Crippen LogP contribution in [0, 0.1) is 0 Å². The lowest BCUT2D eigenvalue weighted by molar-refractivity contribution is -0.138. The van der Waals surface area contributed by atoms with Gasteiger partial charge in [0.05, 0.1) is 11.7 Å². The Morgan fingerprint density at radius 3 is 2.42 bits per heavy atom. The Balaban J connectivity index is 3.08. The monoisotopic (exact) mass is 275 g/mol. The van der Waals surface area contributed by atoms with Gasteiger partial charge in [0, 0.05) is 13.2 Å². The lowest BCUT2D eigenvalue weighted by Gasteiger charge is -2.24. The summed E-state index contributed by atoms with van der Waals surface area (Å²) in [6.45, 7) is 4.33. The van der Waals surface area contributed by atoms with E-state index in [-0.39, 0.29) is 17.7 Å². The van der Waals surface area contributed by atoms with Crippen LogP contribution in [-0.2, 0) is 10.9 Å². The minimum Gasteiger partial charge on any atom is -0.382 e. The van der Waals surface area contributed by atoms with Crippen molar-refractivity contribution in [2.75, 3.05) is 13.7 Å². The summed E-state index contributed by atoms with van der Waals surface area (Å²) in [5.41, 5.74) is -0.301. The van der Waals surface area contributed by atoms with Crippen LogP contribution in [0.4, 0.5) is 13.2 Å². The Labute approximate surface area is 112 Å².